The summed E-state index contributed by atoms with van der Waals surface area (Å²) in [6.07, 6.45) is 3.16. The Kier molecular flexibility index (Phi) is 5.31. The third-order valence-electron chi connectivity index (χ3n) is 2.39. The number of nitrogens with one attached hydrogen (secondary N) is 2. The van der Waals surface area contributed by atoms with Crippen molar-refractivity contribution in [1.29, 1.82) is 0 Å². The van der Waals surface area contributed by atoms with E-state index >= 15 is 0 Å². The minimum Gasteiger partial charge on any atom is -0.394 e. The normalized spacial score (nSPS) is 25.8. The van der Waals surface area contributed by atoms with Crippen LogP contribution in [0.2, 0.25) is 0 Å². The van der Waals surface area contributed by atoms with Crippen molar-refractivity contribution >= 4 is 0 Å². The smallest absolute Gasteiger partial charge is 0.0894 e. The summed E-state index contributed by atoms with van der Waals surface area (Å²) in [5.74, 6) is 0. The highest BCUT2D eigenvalue weighted by atomic mass is 16.3. The van der Waals surface area contributed by atoms with Gasteiger partial charge in [0.1, 0.15) is 0 Å². The van der Waals surface area contributed by atoms with Gasteiger partial charge in [0.05, 0.1) is 12.7 Å². The number of piperidine rings is 1. The van der Waals surface area contributed by atoms with Crippen LogP contribution in [0.15, 0.2) is 0 Å². The second kappa shape index (κ2) is 6.32. The fourth-order valence-electron chi connectivity index (χ4n) is 1.59. The summed E-state index contributed by atoms with van der Waals surface area (Å²) in [6, 6.07) is 0.541. The lowest BCUT2D eigenvalue weighted by Crippen LogP contribution is -2.43. The molecule has 78 valence electrons. The van der Waals surface area contributed by atoms with Gasteiger partial charge < -0.3 is 20.8 Å². The lowest BCUT2D eigenvalue weighted by Gasteiger charge is -2.24. The first-order valence-corrected chi connectivity index (χ1v) is 5.06. The van der Waals surface area contributed by atoms with Crippen molar-refractivity contribution in [1.82, 2.24) is 10.6 Å². The van der Waals surface area contributed by atoms with Gasteiger partial charge in [0.15, 0.2) is 0 Å². The van der Waals surface area contributed by atoms with E-state index in [1.54, 1.807) is 0 Å². The highest BCUT2D eigenvalue weighted by molar-refractivity contribution is 4.74. The van der Waals surface area contributed by atoms with Gasteiger partial charge in [-0.15, -0.1) is 0 Å². The number of rotatable bonds is 5. The molecule has 1 aliphatic rings. The van der Waals surface area contributed by atoms with Crippen molar-refractivity contribution in [3.05, 3.63) is 0 Å². The highest BCUT2D eigenvalue weighted by Crippen LogP contribution is 2.05. The predicted molar refractivity (Wildman–Crippen MR) is 51.6 cm³/mol. The molecule has 1 saturated heterocycles. The molecule has 0 aromatic rings. The van der Waals surface area contributed by atoms with Crippen molar-refractivity contribution in [2.24, 2.45) is 0 Å². The summed E-state index contributed by atoms with van der Waals surface area (Å²) >= 11 is 0. The summed E-state index contributed by atoms with van der Waals surface area (Å²) in [5, 5.41) is 24.2. The van der Waals surface area contributed by atoms with E-state index in [4.69, 9.17) is 10.2 Å². The number of aliphatic hydroxyl groups is 2. The van der Waals surface area contributed by atoms with Crippen molar-refractivity contribution in [2.45, 2.75) is 31.4 Å². The molecule has 2 unspecified atom stereocenters. The summed E-state index contributed by atoms with van der Waals surface area (Å²) in [4.78, 5) is 0. The minimum atomic E-state index is -0.622. The molecular formula is C9H20N2O2. The van der Waals surface area contributed by atoms with Gasteiger partial charge >= 0.3 is 0 Å². The summed E-state index contributed by atoms with van der Waals surface area (Å²) in [6.45, 7) is 2.31. The Labute approximate surface area is 79.3 Å². The van der Waals surface area contributed by atoms with Gasteiger partial charge in [0.25, 0.3) is 0 Å². The largest absolute Gasteiger partial charge is 0.394 e. The molecule has 1 heterocycles. The van der Waals surface area contributed by atoms with Gasteiger partial charge in [-0.1, -0.05) is 6.42 Å². The Morgan fingerprint density at radius 3 is 2.92 bits per heavy atom. The van der Waals surface area contributed by atoms with E-state index < -0.39 is 6.10 Å². The first-order chi connectivity index (χ1) is 6.33. The van der Waals surface area contributed by atoms with Crippen LogP contribution in [0.3, 0.4) is 0 Å². The second-order valence-electron chi connectivity index (χ2n) is 3.64. The standard InChI is InChI=1S/C9H20N2O2/c12-7-9(13)6-10-5-8-3-1-2-4-11-8/h8-13H,1-7H2. The summed E-state index contributed by atoms with van der Waals surface area (Å²) in [5.41, 5.74) is 0. The number of aliphatic hydroxyl groups excluding tert-OH is 2. The van der Waals surface area contributed by atoms with Crippen LogP contribution in [0.25, 0.3) is 0 Å². The van der Waals surface area contributed by atoms with E-state index in [1.165, 1.54) is 19.3 Å². The Bertz CT molecular complexity index is 127. The SMILES string of the molecule is OCC(O)CNCC1CCCCN1. The van der Waals surface area contributed by atoms with Crippen LogP contribution in [0.1, 0.15) is 19.3 Å². The Morgan fingerprint density at radius 2 is 2.31 bits per heavy atom. The van der Waals surface area contributed by atoms with Gasteiger partial charge in [-0.3, -0.25) is 0 Å². The Balaban J connectivity index is 1.98. The van der Waals surface area contributed by atoms with Crippen LogP contribution in [0, 0.1) is 0 Å². The average molecular weight is 188 g/mol. The van der Waals surface area contributed by atoms with Crippen molar-refractivity contribution < 1.29 is 10.2 Å². The van der Waals surface area contributed by atoms with E-state index in [1.807, 2.05) is 0 Å². The highest BCUT2D eigenvalue weighted by Gasteiger charge is 2.11. The zero-order valence-corrected chi connectivity index (χ0v) is 8.00. The lowest BCUT2D eigenvalue weighted by molar-refractivity contribution is 0.0937. The molecule has 0 amide bonds. The van der Waals surface area contributed by atoms with E-state index in [0.717, 1.165) is 13.1 Å². The molecular weight excluding hydrogens is 168 g/mol. The Hall–Kier alpha value is -0.160. The predicted octanol–water partition coefficient (Wildman–Crippen LogP) is -0.929. The quantitative estimate of drug-likeness (QED) is 0.450. The lowest BCUT2D eigenvalue weighted by atomic mass is 10.1. The molecule has 4 heteroatoms. The molecule has 0 saturated carbocycles. The van der Waals surface area contributed by atoms with Gasteiger partial charge in [0.2, 0.25) is 0 Å². The number of hydrogen-bond donors (Lipinski definition) is 4. The maximum absolute atomic E-state index is 9.05. The molecule has 1 aliphatic heterocycles. The topological polar surface area (TPSA) is 64.5 Å². The third kappa shape index (κ3) is 4.57. The molecule has 2 atom stereocenters. The molecule has 0 aromatic carbocycles. The fourth-order valence-corrected chi connectivity index (χ4v) is 1.59. The van der Waals surface area contributed by atoms with Crippen molar-refractivity contribution in [3.63, 3.8) is 0 Å². The van der Waals surface area contributed by atoms with Crippen LogP contribution in [-0.4, -0.2) is 48.6 Å². The fraction of sp³-hybridized carbons (Fsp3) is 1.00. The van der Waals surface area contributed by atoms with E-state index in [0.29, 0.717) is 12.6 Å². The first-order valence-electron chi connectivity index (χ1n) is 5.06. The minimum absolute atomic E-state index is 0.162. The third-order valence-corrected chi connectivity index (χ3v) is 2.39. The van der Waals surface area contributed by atoms with Crippen LogP contribution in [-0.2, 0) is 0 Å². The van der Waals surface area contributed by atoms with Crippen LogP contribution < -0.4 is 10.6 Å². The summed E-state index contributed by atoms with van der Waals surface area (Å²) < 4.78 is 0. The zero-order valence-electron chi connectivity index (χ0n) is 8.00. The van der Waals surface area contributed by atoms with Gasteiger partial charge in [-0.2, -0.15) is 0 Å². The van der Waals surface area contributed by atoms with E-state index in [9.17, 15) is 0 Å². The van der Waals surface area contributed by atoms with Gasteiger partial charge in [-0.25, -0.2) is 0 Å². The first kappa shape index (κ1) is 10.9. The Morgan fingerprint density at radius 1 is 1.46 bits per heavy atom. The second-order valence-corrected chi connectivity index (χ2v) is 3.64. The van der Waals surface area contributed by atoms with Gasteiger partial charge in [-0.05, 0) is 19.4 Å². The molecule has 4 nitrogen and oxygen atoms in total. The van der Waals surface area contributed by atoms with Gasteiger partial charge in [0, 0.05) is 19.1 Å². The average Bonchev–Trinajstić information content (AvgIpc) is 2.19. The molecule has 0 bridgehead atoms. The maximum atomic E-state index is 9.05. The molecule has 0 radical (unpaired) electrons. The molecule has 13 heavy (non-hydrogen) atoms. The maximum Gasteiger partial charge on any atom is 0.0894 e. The molecule has 1 fully saturated rings. The molecule has 0 aliphatic carbocycles. The van der Waals surface area contributed by atoms with E-state index in [2.05, 4.69) is 10.6 Å². The number of hydrogen-bond acceptors (Lipinski definition) is 4. The zero-order chi connectivity index (χ0) is 9.52. The van der Waals surface area contributed by atoms with E-state index in [-0.39, 0.29) is 6.61 Å². The molecule has 1 rings (SSSR count). The van der Waals surface area contributed by atoms with Crippen LogP contribution in [0.5, 0.6) is 0 Å². The molecule has 0 spiro atoms. The van der Waals surface area contributed by atoms with Crippen molar-refractivity contribution in [3.8, 4) is 0 Å². The van der Waals surface area contributed by atoms with Crippen molar-refractivity contribution in [2.75, 3.05) is 26.2 Å². The van der Waals surface area contributed by atoms with Crippen LogP contribution >= 0.6 is 0 Å². The molecule has 4 N–H and O–H groups in total. The monoisotopic (exact) mass is 188 g/mol. The summed E-state index contributed by atoms with van der Waals surface area (Å²) in [7, 11) is 0. The molecule has 0 aromatic heterocycles. The van der Waals surface area contributed by atoms with Crippen LogP contribution in [0.4, 0.5) is 0 Å².